The van der Waals surface area contributed by atoms with Gasteiger partial charge < -0.3 is 20.6 Å². The molecule has 4 N–H and O–H groups in total. The van der Waals surface area contributed by atoms with Gasteiger partial charge in [-0.05, 0) is 51.5 Å². The average molecular weight is 324 g/mol. The smallest absolute Gasteiger partial charge is 0.335 e. The van der Waals surface area contributed by atoms with E-state index in [4.69, 9.17) is 10.2 Å². The molecule has 1 aromatic rings. The Bertz CT molecular complexity index is 618. The highest BCUT2D eigenvalue weighted by molar-refractivity contribution is 5.94. The minimum absolute atomic E-state index is 0.172. The molecule has 0 radical (unpaired) electrons. The molecular weight excluding hydrogens is 304 g/mol. The molecule has 0 atom stereocenters. The van der Waals surface area contributed by atoms with Crippen molar-refractivity contribution in [3.63, 3.8) is 0 Å². The Hall–Kier alpha value is -2.00. The van der Waals surface area contributed by atoms with Crippen molar-refractivity contribution in [2.75, 3.05) is 0 Å². The highest BCUT2D eigenvalue weighted by atomic mass is 16.6. The van der Waals surface area contributed by atoms with Crippen molar-refractivity contribution >= 4 is 11.9 Å². The zero-order valence-corrected chi connectivity index (χ0v) is 13.3. The first kappa shape index (κ1) is 17.4. The minimum Gasteiger partial charge on any atom is -0.478 e. The Labute approximate surface area is 133 Å². The van der Waals surface area contributed by atoms with Crippen LogP contribution in [0.1, 0.15) is 60.1 Å². The first-order chi connectivity index (χ1) is 10.4. The van der Waals surface area contributed by atoms with Gasteiger partial charge in [0.1, 0.15) is 6.17 Å². The van der Waals surface area contributed by atoms with Crippen LogP contribution in [0.3, 0.4) is 0 Å². The van der Waals surface area contributed by atoms with Crippen molar-refractivity contribution in [3.05, 3.63) is 34.9 Å². The standard InChI is InChI=1S/C15H20N2O6/c1-14(2)15(3,4)17(23)11(16(14)22)8-5-9(12(18)19)7-10(6-8)13(20)21/h5-7,11,22-23H,1-4H3,(H,18,19)(H,20,21). The summed E-state index contributed by atoms with van der Waals surface area (Å²) in [6.07, 6.45) is -1.09. The first-order valence-corrected chi connectivity index (χ1v) is 6.99. The van der Waals surface area contributed by atoms with E-state index in [9.17, 15) is 20.0 Å². The maximum absolute atomic E-state index is 11.2. The molecule has 8 nitrogen and oxygen atoms in total. The van der Waals surface area contributed by atoms with Gasteiger partial charge in [-0.15, -0.1) is 0 Å². The van der Waals surface area contributed by atoms with E-state index in [1.54, 1.807) is 27.7 Å². The summed E-state index contributed by atoms with van der Waals surface area (Å²) in [6, 6.07) is 3.51. The zero-order valence-electron chi connectivity index (χ0n) is 13.3. The third-order valence-corrected chi connectivity index (χ3v) is 4.85. The number of benzene rings is 1. The number of carboxylic acids is 2. The monoisotopic (exact) mass is 324 g/mol. The van der Waals surface area contributed by atoms with Crippen LogP contribution in [0.15, 0.2) is 18.2 Å². The molecule has 0 aromatic heterocycles. The number of rotatable bonds is 3. The van der Waals surface area contributed by atoms with Crippen LogP contribution in [-0.4, -0.2) is 53.8 Å². The number of hydrogen-bond donors (Lipinski definition) is 4. The Morgan fingerprint density at radius 2 is 1.22 bits per heavy atom. The number of hydroxylamine groups is 4. The molecule has 1 heterocycles. The predicted molar refractivity (Wildman–Crippen MR) is 78.5 cm³/mol. The molecule has 1 aliphatic rings. The van der Waals surface area contributed by atoms with Gasteiger partial charge in [-0.25, -0.2) is 9.59 Å². The second kappa shape index (κ2) is 5.27. The number of aromatic carboxylic acids is 2. The Balaban J connectivity index is 2.62. The quantitative estimate of drug-likeness (QED) is 0.666. The fourth-order valence-corrected chi connectivity index (χ4v) is 2.61. The zero-order chi connectivity index (χ0) is 17.7. The molecule has 1 aromatic carbocycles. The van der Waals surface area contributed by atoms with Gasteiger partial charge in [-0.1, -0.05) is 0 Å². The van der Waals surface area contributed by atoms with Crippen LogP contribution in [0.5, 0.6) is 0 Å². The van der Waals surface area contributed by atoms with Gasteiger partial charge in [-0.2, -0.15) is 10.1 Å². The number of hydrogen-bond acceptors (Lipinski definition) is 6. The lowest BCUT2D eigenvalue weighted by Gasteiger charge is -2.37. The lowest BCUT2D eigenvalue weighted by Crippen LogP contribution is -2.52. The van der Waals surface area contributed by atoms with Gasteiger partial charge in [0.2, 0.25) is 0 Å². The molecule has 2 rings (SSSR count). The maximum atomic E-state index is 11.2. The largest absolute Gasteiger partial charge is 0.478 e. The average Bonchev–Trinajstić information content (AvgIpc) is 2.56. The fraction of sp³-hybridized carbons (Fsp3) is 0.467. The lowest BCUT2D eigenvalue weighted by atomic mass is 9.84. The van der Waals surface area contributed by atoms with E-state index < -0.39 is 29.2 Å². The van der Waals surface area contributed by atoms with Crippen molar-refractivity contribution < 1.29 is 30.2 Å². The van der Waals surface area contributed by atoms with E-state index in [0.717, 1.165) is 16.2 Å². The molecule has 0 unspecified atom stereocenters. The number of nitrogens with zero attached hydrogens (tertiary/aromatic N) is 2. The molecule has 0 bridgehead atoms. The maximum Gasteiger partial charge on any atom is 0.335 e. The van der Waals surface area contributed by atoms with Gasteiger partial charge in [0.25, 0.3) is 0 Å². The minimum atomic E-state index is -1.29. The molecule has 1 fully saturated rings. The lowest BCUT2D eigenvalue weighted by molar-refractivity contribution is -0.223. The van der Waals surface area contributed by atoms with Crippen LogP contribution < -0.4 is 0 Å². The van der Waals surface area contributed by atoms with Gasteiger partial charge in [0.15, 0.2) is 0 Å². The molecule has 1 saturated heterocycles. The summed E-state index contributed by atoms with van der Waals surface area (Å²) in [4.78, 5) is 22.4. The molecule has 126 valence electrons. The summed E-state index contributed by atoms with van der Waals surface area (Å²) < 4.78 is 0. The van der Waals surface area contributed by atoms with Crippen molar-refractivity contribution in [1.29, 1.82) is 0 Å². The molecular formula is C15H20N2O6. The Kier molecular flexibility index (Phi) is 3.98. The first-order valence-electron chi connectivity index (χ1n) is 6.99. The normalized spacial score (nSPS) is 21.5. The number of carboxylic acid groups (broad SMARTS) is 2. The highest BCUT2D eigenvalue weighted by Crippen LogP contribution is 2.47. The van der Waals surface area contributed by atoms with Crippen LogP contribution in [0.2, 0.25) is 0 Å². The van der Waals surface area contributed by atoms with Crippen LogP contribution >= 0.6 is 0 Å². The molecule has 0 saturated carbocycles. The van der Waals surface area contributed by atoms with Gasteiger partial charge in [0, 0.05) is 0 Å². The highest BCUT2D eigenvalue weighted by Gasteiger charge is 2.58. The van der Waals surface area contributed by atoms with E-state index in [1.165, 1.54) is 12.1 Å². The van der Waals surface area contributed by atoms with Crippen LogP contribution in [0.25, 0.3) is 0 Å². The molecule has 0 amide bonds. The molecule has 0 spiro atoms. The number of carbonyl (C=O) groups is 2. The van der Waals surface area contributed by atoms with Gasteiger partial charge in [-0.3, -0.25) is 0 Å². The summed E-state index contributed by atoms with van der Waals surface area (Å²) >= 11 is 0. The summed E-state index contributed by atoms with van der Waals surface area (Å²) in [7, 11) is 0. The van der Waals surface area contributed by atoms with E-state index in [0.29, 0.717) is 0 Å². The van der Waals surface area contributed by atoms with Crippen LogP contribution in [0.4, 0.5) is 0 Å². The van der Waals surface area contributed by atoms with E-state index in [-0.39, 0.29) is 16.7 Å². The third kappa shape index (κ3) is 2.49. The molecule has 23 heavy (non-hydrogen) atoms. The summed E-state index contributed by atoms with van der Waals surface area (Å²) in [5.74, 6) is -2.58. The van der Waals surface area contributed by atoms with Crippen LogP contribution in [-0.2, 0) is 0 Å². The van der Waals surface area contributed by atoms with E-state index >= 15 is 0 Å². The van der Waals surface area contributed by atoms with Gasteiger partial charge in [0.05, 0.1) is 22.2 Å². The fourth-order valence-electron chi connectivity index (χ4n) is 2.61. The van der Waals surface area contributed by atoms with E-state index in [2.05, 4.69) is 0 Å². The van der Waals surface area contributed by atoms with Gasteiger partial charge >= 0.3 is 11.9 Å². The second-order valence-corrected chi connectivity index (χ2v) is 6.63. The van der Waals surface area contributed by atoms with Crippen molar-refractivity contribution in [1.82, 2.24) is 10.1 Å². The summed E-state index contributed by atoms with van der Waals surface area (Å²) in [5, 5.41) is 41.0. The van der Waals surface area contributed by atoms with Crippen molar-refractivity contribution in [3.8, 4) is 0 Å². The SMILES string of the molecule is CC1(C)N(O)C(c2cc(C(=O)O)cc(C(=O)O)c2)N(O)C1(C)C. The molecule has 1 aliphatic heterocycles. The molecule has 8 heteroatoms. The van der Waals surface area contributed by atoms with Crippen molar-refractivity contribution in [2.45, 2.75) is 44.9 Å². The Morgan fingerprint density at radius 3 is 1.52 bits per heavy atom. The van der Waals surface area contributed by atoms with Crippen molar-refractivity contribution in [2.24, 2.45) is 0 Å². The second-order valence-electron chi connectivity index (χ2n) is 6.63. The third-order valence-electron chi connectivity index (χ3n) is 4.85. The topological polar surface area (TPSA) is 122 Å². The predicted octanol–water partition coefficient (Wildman–Crippen LogP) is 2.03. The Morgan fingerprint density at radius 1 is 0.870 bits per heavy atom. The molecule has 0 aliphatic carbocycles. The van der Waals surface area contributed by atoms with Crippen LogP contribution in [0, 0.1) is 0 Å². The van der Waals surface area contributed by atoms with E-state index in [1.807, 2.05) is 0 Å². The summed E-state index contributed by atoms with van der Waals surface area (Å²) in [5.41, 5.74) is -2.02. The summed E-state index contributed by atoms with van der Waals surface area (Å²) in [6.45, 7) is 6.87.